The lowest BCUT2D eigenvalue weighted by Crippen LogP contribution is -2.16. The minimum atomic E-state index is -4.22. The highest BCUT2D eigenvalue weighted by molar-refractivity contribution is 7.93. The van der Waals surface area contributed by atoms with Gasteiger partial charge in [-0.05, 0) is 35.9 Å². The van der Waals surface area contributed by atoms with Gasteiger partial charge in [-0.2, -0.15) is 8.42 Å². The summed E-state index contributed by atoms with van der Waals surface area (Å²) in [6.07, 6.45) is 0. The molecule has 0 aliphatic rings. The molecule has 1 aromatic heterocycles. The molecule has 10 heteroatoms. The number of nitrogens with one attached hydrogen (secondary N) is 1. The summed E-state index contributed by atoms with van der Waals surface area (Å²) in [5.41, 5.74) is 6.81. The molecule has 160 valence electrons. The van der Waals surface area contributed by atoms with E-state index in [1.807, 2.05) is 0 Å². The SMILES string of the molecule is Nc1ccccc1CS(=O)(=O)c1ccc(Cl)cc1NS(=O)(=O)c1cc2ccccc2o1. The van der Waals surface area contributed by atoms with Crippen molar-refractivity contribution in [2.45, 2.75) is 15.7 Å². The molecule has 3 aromatic carbocycles. The fourth-order valence-corrected chi connectivity index (χ4v) is 5.91. The van der Waals surface area contributed by atoms with Crippen molar-refractivity contribution in [1.29, 1.82) is 0 Å². The largest absolute Gasteiger partial charge is 0.443 e. The van der Waals surface area contributed by atoms with Gasteiger partial charge in [-0.1, -0.05) is 48.0 Å². The Balaban J connectivity index is 1.74. The van der Waals surface area contributed by atoms with Gasteiger partial charge in [0.2, 0.25) is 5.09 Å². The van der Waals surface area contributed by atoms with Gasteiger partial charge in [0, 0.05) is 22.2 Å². The van der Waals surface area contributed by atoms with Crippen LogP contribution in [0.2, 0.25) is 5.02 Å². The van der Waals surface area contributed by atoms with E-state index in [4.69, 9.17) is 21.8 Å². The fraction of sp³-hybridized carbons (Fsp3) is 0.0476. The van der Waals surface area contributed by atoms with Crippen molar-refractivity contribution < 1.29 is 21.3 Å². The Morgan fingerprint density at radius 1 is 0.903 bits per heavy atom. The van der Waals surface area contributed by atoms with Crippen molar-refractivity contribution in [2.75, 3.05) is 10.5 Å². The van der Waals surface area contributed by atoms with E-state index >= 15 is 0 Å². The second-order valence-electron chi connectivity index (χ2n) is 6.81. The lowest BCUT2D eigenvalue weighted by Gasteiger charge is -2.13. The molecule has 0 aliphatic heterocycles. The van der Waals surface area contributed by atoms with E-state index < -0.39 is 25.6 Å². The van der Waals surface area contributed by atoms with Crippen LogP contribution in [0.1, 0.15) is 5.56 Å². The van der Waals surface area contributed by atoms with E-state index in [1.165, 1.54) is 24.3 Å². The maximum atomic E-state index is 13.1. The molecule has 0 radical (unpaired) electrons. The van der Waals surface area contributed by atoms with Gasteiger partial charge in [0.1, 0.15) is 5.58 Å². The van der Waals surface area contributed by atoms with Crippen molar-refractivity contribution >= 4 is 53.8 Å². The minimum absolute atomic E-state index is 0.167. The van der Waals surface area contributed by atoms with Crippen molar-refractivity contribution in [3.8, 4) is 0 Å². The van der Waals surface area contributed by atoms with Crippen LogP contribution in [0.15, 0.2) is 87.2 Å². The van der Waals surface area contributed by atoms with Crippen LogP contribution in [-0.2, 0) is 25.6 Å². The van der Waals surface area contributed by atoms with Crippen LogP contribution in [0.4, 0.5) is 11.4 Å². The predicted molar refractivity (Wildman–Crippen MR) is 120 cm³/mol. The molecule has 0 aliphatic carbocycles. The molecule has 0 bridgehead atoms. The predicted octanol–water partition coefficient (Wildman–Crippen LogP) is 4.44. The second kappa shape index (κ2) is 7.92. The number of nitrogen functional groups attached to an aromatic ring is 1. The fourth-order valence-electron chi connectivity index (χ4n) is 3.09. The first-order valence-corrected chi connectivity index (χ1v) is 12.5. The molecule has 0 spiro atoms. The molecular weight excluding hydrogens is 460 g/mol. The third-order valence-electron chi connectivity index (χ3n) is 4.59. The monoisotopic (exact) mass is 476 g/mol. The number of para-hydroxylation sites is 2. The zero-order valence-corrected chi connectivity index (χ0v) is 18.3. The quantitative estimate of drug-likeness (QED) is 0.397. The number of benzene rings is 3. The van der Waals surface area contributed by atoms with Crippen LogP contribution in [0.3, 0.4) is 0 Å². The Hall–Kier alpha value is -3.01. The van der Waals surface area contributed by atoms with E-state index in [1.54, 1.807) is 48.5 Å². The Morgan fingerprint density at radius 3 is 2.35 bits per heavy atom. The number of hydrogen-bond acceptors (Lipinski definition) is 6. The number of halogens is 1. The lowest BCUT2D eigenvalue weighted by molar-refractivity contribution is 0.484. The van der Waals surface area contributed by atoms with Gasteiger partial charge in [-0.3, -0.25) is 4.72 Å². The number of nitrogens with two attached hydrogens (primary N) is 1. The van der Waals surface area contributed by atoms with E-state index in [-0.39, 0.29) is 20.7 Å². The molecule has 0 saturated carbocycles. The first-order valence-electron chi connectivity index (χ1n) is 9.03. The summed E-state index contributed by atoms with van der Waals surface area (Å²) >= 11 is 6.02. The van der Waals surface area contributed by atoms with Crippen molar-refractivity contribution in [1.82, 2.24) is 0 Å². The van der Waals surface area contributed by atoms with Gasteiger partial charge >= 0.3 is 0 Å². The van der Waals surface area contributed by atoms with E-state index in [2.05, 4.69) is 4.72 Å². The molecule has 7 nitrogen and oxygen atoms in total. The lowest BCUT2D eigenvalue weighted by atomic mass is 10.2. The zero-order chi connectivity index (χ0) is 22.2. The van der Waals surface area contributed by atoms with Gasteiger partial charge in [0.05, 0.1) is 16.3 Å². The van der Waals surface area contributed by atoms with Crippen LogP contribution in [0.5, 0.6) is 0 Å². The molecule has 4 rings (SSSR count). The first-order chi connectivity index (χ1) is 14.7. The molecule has 0 atom stereocenters. The van der Waals surface area contributed by atoms with Crippen LogP contribution >= 0.6 is 11.6 Å². The number of furan rings is 1. The normalized spacial score (nSPS) is 12.2. The highest BCUT2D eigenvalue weighted by atomic mass is 35.5. The Morgan fingerprint density at radius 2 is 1.61 bits per heavy atom. The third-order valence-corrected chi connectivity index (χ3v) is 7.76. The molecule has 0 saturated heterocycles. The van der Waals surface area contributed by atoms with Crippen molar-refractivity contribution in [3.05, 3.63) is 83.4 Å². The zero-order valence-electron chi connectivity index (χ0n) is 15.9. The Kier molecular flexibility index (Phi) is 5.42. The Labute approximate surface area is 184 Å². The maximum absolute atomic E-state index is 13.1. The first kappa shape index (κ1) is 21.2. The Bertz CT molecular complexity index is 1460. The van der Waals surface area contributed by atoms with Crippen molar-refractivity contribution in [2.24, 2.45) is 0 Å². The molecule has 0 unspecified atom stereocenters. The van der Waals surface area contributed by atoms with Crippen molar-refractivity contribution in [3.63, 3.8) is 0 Å². The number of sulfone groups is 1. The summed E-state index contributed by atoms with van der Waals surface area (Å²) in [7, 11) is -8.18. The van der Waals surface area contributed by atoms with E-state index in [0.29, 0.717) is 22.2 Å². The molecule has 0 amide bonds. The summed E-state index contributed by atoms with van der Waals surface area (Å²) < 4.78 is 59.7. The van der Waals surface area contributed by atoms with Gasteiger partial charge in [-0.15, -0.1) is 0 Å². The van der Waals surface area contributed by atoms with E-state index in [9.17, 15) is 16.8 Å². The summed E-state index contributed by atoms with van der Waals surface area (Å²) in [4.78, 5) is -0.222. The molecule has 3 N–H and O–H groups in total. The molecule has 4 aromatic rings. The van der Waals surface area contributed by atoms with Crippen LogP contribution in [0, 0.1) is 0 Å². The van der Waals surface area contributed by atoms with Crippen LogP contribution < -0.4 is 10.5 Å². The number of sulfonamides is 1. The summed E-state index contributed by atoms with van der Waals surface area (Å²) in [5.74, 6) is -0.402. The standard InChI is InChI=1S/C21H17ClN2O5S2/c22-16-9-10-20(30(25,26)13-15-6-1-3-7-17(15)23)18(12-16)24-31(27,28)21-11-14-5-2-4-8-19(14)29-21/h1-12,24H,13,23H2. The van der Waals surface area contributed by atoms with Crippen LogP contribution in [-0.4, -0.2) is 16.8 Å². The minimum Gasteiger partial charge on any atom is -0.443 e. The molecule has 31 heavy (non-hydrogen) atoms. The van der Waals surface area contributed by atoms with Gasteiger partial charge < -0.3 is 10.2 Å². The van der Waals surface area contributed by atoms with Gasteiger partial charge in [0.15, 0.2) is 9.84 Å². The van der Waals surface area contributed by atoms with Gasteiger partial charge in [0.25, 0.3) is 10.0 Å². The molecular formula is C21H17ClN2O5S2. The maximum Gasteiger partial charge on any atom is 0.295 e. The summed E-state index contributed by atoms with van der Waals surface area (Å²) in [5, 5.41) is 0.422. The topological polar surface area (TPSA) is 119 Å². The van der Waals surface area contributed by atoms with Gasteiger partial charge in [-0.25, -0.2) is 8.42 Å². The number of rotatable bonds is 6. The average molecular weight is 477 g/mol. The highest BCUT2D eigenvalue weighted by Gasteiger charge is 2.26. The second-order valence-corrected chi connectivity index (χ2v) is 10.8. The number of fused-ring (bicyclic) bond motifs is 1. The number of anilines is 2. The highest BCUT2D eigenvalue weighted by Crippen LogP contribution is 2.32. The van der Waals surface area contributed by atoms with Crippen LogP contribution in [0.25, 0.3) is 11.0 Å². The summed E-state index contributed by atoms with van der Waals surface area (Å²) in [6, 6.07) is 18.6. The third kappa shape index (κ3) is 4.39. The number of hydrogen-bond donors (Lipinski definition) is 2. The average Bonchev–Trinajstić information content (AvgIpc) is 3.14. The smallest absolute Gasteiger partial charge is 0.295 e. The molecule has 0 fully saturated rings. The van der Waals surface area contributed by atoms with E-state index in [0.717, 1.165) is 0 Å². The molecule has 1 heterocycles. The summed E-state index contributed by atoms with van der Waals surface area (Å²) in [6.45, 7) is 0.